The second-order valence-corrected chi connectivity index (χ2v) is 8.37. The van der Waals surface area contributed by atoms with E-state index in [9.17, 15) is 0 Å². The van der Waals surface area contributed by atoms with Gasteiger partial charge in [0.1, 0.15) is 0 Å². The molecule has 0 aliphatic heterocycles. The quantitative estimate of drug-likeness (QED) is 0.553. The van der Waals surface area contributed by atoms with Gasteiger partial charge in [-0.3, -0.25) is 0 Å². The van der Waals surface area contributed by atoms with Crippen LogP contribution < -0.4 is 0 Å². The van der Waals surface area contributed by atoms with Crippen molar-refractivity contribution in [1.29, 1.82) is 0 Å². The predicted octanol–water partition coefficient (Wildman–Crippen LogP) is 5.21. The van der Waals surface area contributed by atoms with Gasteiger partial charge < -0.3 is 0 Å². The van der Waals surface area contributed by atoms with Gasteiger partial charge in [-0.05, 0) is 0 Å². The molecule has 3 aromatic rings. The van der Waals surface area contributed by atoms with Crippen LogP contribution in [0.5, 0.6) is 0 Å². The summed E-state index contributed by atoms with van der Waals surface area (Å²) in [5, 5.41) is 0. The minimum absolute atomic E-state index is 0.144. The monoisotopic (exact) mass is 368 g/mol. The van der Waals surface area contributed by atoms with E-state index in [2.05, 4.69) is 91.0 Å². The van der Waals surface area contributed by atoms with Gasteiger partial charge in [0.15, 0.2) is 0 Å². The summed E-state index contributed by atoms with van der Waals surface area (Å²) in [4.78, 5) is 0. The van der Waals surface area contributed by atoms with Crippen molar-refractivity contribution >= 4 is 8.51 Å². The first kappa shape index (κ1) is 14.8. The van der Waals surface area contributed by atoms with Crippen LogP contribution >= 0.6 is 8.51 Å². The fourth-order valence-electron chi connectivity index (χ4n) is 2.73. The Morgan fingerprint density at radius 3 is 1.05 bits per heavy atom. The second kappa shape index (κ2) is 6.73. The normalized spacial score (nSPS) is 11.1. The zero-order chi connectivity index (χ0) is 14.5. The third-order valence-electron chi connectivity index (χ3n) is 3.76. The van der Waals surface area contributed by atoms with Crippen LogP contribution in [-0.4, -0.2) is 0 Å². The summed E-state index contributed by atoms with van der Waals surface area (Å²) in [6.45, 7) is 0. The molecule has 0 nitrogen and oxygen atoms in total. The fourth-order valence-corrected chi connectivity index (χ4v) is 6.70. The minimum atomic E-state index is -1.22. The average molecular weight is 370 g/mol. The molecule has 0 aromatic heterocycles. The van der Waals surface area contributed by atoms with Crippen LogP contribution in [0.1, 0.15) is 16.7 Å². The zero-order valence-corrected chi connectivity index (χ0v) is 14.8. The van der Waals surface area contributed by atoms with E-state index < -0.39 is 22.0 Å². The summed E-state index contributed by atoms with van der Waals surface area (Å²) < 4.78 is -0.144. The molecule has 0 aliphatic rings. The van der Waals surface area contributed by atoms with E-state index in [1.54, 1.807) is 0 Å². The van der Waals surface area contributed by atoms with Gasteiger partial charge in [-0.1, -0.05) is 0 Å². The maximum absolute atomic E-state index is 6.70. The van der Waals surface area contributed by atoms with Crippen molar-refractivity contribution in [2.45, 2.75) is 3.12 Å². The van der Waals surface area contributed by atoms with Crippen molar-refractivity contribution in [2.24, 2.45) is 0 Å². The Morgan fingerprint density at radius 1 is 0.524 bits per heavy atom. The van der Waals surface area contributed by atoms with Crippen LogP contribution in [0.2, 0.25) is 0 Å². The summed E-state index contributed by atoms with van der Waals surface area (Å²) >= 11 is -1.22. The molecule has 3 rings (SSSR count). The van der Waals surface area contributed by atoms with Gasteiger partial charge in [0.05, 0.1) is 0 Å². The molecule has 21 heavy (non-hydrogen) atoms. The molecule has 0 N–H and O–H groups in total. The summed E-state index contributed by atoms with van der Waals surface area (Å²) in [7, 11) is 6.70. The molecule has 2 heteroatoms. The molecule has 0 unspecified atom stereocenters. The van der Waals surface area contributed by atoms with Crippen LogP contribution in [0.3, 0.4) is 0 Å². The fraction of sp³-hybridized carbons (Fsp3) is 0.0526. The van der Waals surface area contributed by atoms with Crippen molar-refractivity contribution in [2.75, 3.05) is 0 Å². The number of halogens is 1. The van der Waals surface area contributed by atoms with Crippen LogP contribution in [0, 0.1) is 0 Å². The summed E-state index contributed by atoms with van der Waals surface area (Å²) in [5.74, 6) is 0. The molecular formula is C19H15ClZr. The maximum atomic E-state index is 6.70. The van der Waals surface area contributed by atoms with Crippen LogP contribution in [-0.2, 0) is 25.2 Å². The summed E-state index contributed by atoms with van der Waals surface area (Å²) in [5.41, 5.74) is 3.89. The van der Waals surface area contributed by atoms with E-state index in [0.717, 1.165) is 0 Å². The van der Waals surface area contributed by atoms with Gasteiger partial charge in [-0.15, -0.1) is 0 Å². The first-order valence-electron chi connectivity index (χ1n) is 6.92. The number of hydrogen-bond donors (Lipinski definition) is 0. The Bertz CT molecular complexity index is 584. The molecule has 0 aliphatic carbocycles. The standard InChI is InChI=1S/C19H15.ClH.Zr/c1-4-10-16(11-5-1)19(17-12-6-2-7-13-17)18-14-8-3-9-15-18;;/h1-15H;1H;/q;;+1/p-1. The average Bonchev–Trinajstić information content (AvgIpc) is 2.59. The Labute approximate surface area is 140 Å². The van der Waals surface area contributed by atoms with Crippen LogP contribution in [0.25, 0.3) is 0 Å². The molecule has 0 bridgehead atoms. The molecule has 0 saturated heterocycles. The van der Waals surface area contributed by atoms with E-state index >= 15 is 0 Å². The first-order chi connectivity index (χ1) is 10.4. The zero-order valence-electron chi connectivity index (χ0n) is 11.5. The Hall–Kier alpha value is -1.17. The van der Waals surface area contributed by atoms with Gasteiger partial charge in [-0.2, -0.15) is 0 Å². The van der Waals surface area contributed by atoms with E-state index in [1.807, 2.05) is 0 Å². The van der Waals surface area contributed by atoms with Gasteiger partial charge in [0.25, 0.3) is 0 Å². The van der Waals surface area contributed by atoms with Gasteiger partial charge >= 0.3 is 141 Å². The van der Waals surface area contributed by atoms with Crippen LogP contribution in [0.15, 0.2) is 91.0 Å². The number of hydrogen-bond acceptors (Lipinski definition) is 0. The molecule has 0 saturated carbocycles. The summed E-state index contributed by atoms with van der Waals surface area (Å²) in [6, 6.07) is 32.0. The second-order valence-electron chi connectivity index (χ2n) is 4.94. The third-order valence-corrected chi connectivity index (χ3v) is 8.26. The topological polar surface area (TPSA) is 0 Å². The molecule has 0 atom stereocenters. The Balaban J connectivity index is 2.29. The molecular weight excluding hydrogens is 355 g/mol. The van der Waals surface area contributed by atoms with Crippen molar-refractivity contribution < 1.29 is 22.0 Å². The first-order valence-corrected chi connectivity index (χ1v) is 11.3. The van der Waals surface area contributed by atoms with Crippen molar-refractivity contribution in [3.63, 3.8) is 0 Å². The predicted molar refractivity (Wildman–Crippen MR) is 85.1 cm³/mol. The third kappa shape index (κ3) is 2.78. The molecule has 0 radical (unpaired) electrons. The van der Waals surface area contributed by atoms with E-state index in [1.165, 1.54) is 16.7 Å². The van der Waals surface area contributed by atoms with E-state index in [4.69, 9.17) is 8.51 Å². The SMILES string of the molecule is [Cl][Zr][C](c1ccccc1)(c1ccccc1)c1ccccc1. The Morgan fingerprint density at radius 2 is 0.810 bits per heavy atom. The molecule has 0 fully saturated rings. The van der Waals surface area contributed by atoms with E-state index in [0.29, 0.717) is 0 Å². The molecule has 0 heterocycles. The molecule has 0 spiro atoms. The molecule has 3 aromatic carbocycles. The van der Waals surface area contributed by atoms with Gasteiger partial charge in [0, 0.05) is 0 Å². The Kier molecular flexibility index (Phi) is 4.73. The number of benzene rings is 3. The van der Waals surface area contributed by atoms with Gasteiger partial charge in [0.2, 0.25) is 0 Å². The van der Waals surface area contributed by atoms with Gasteiger partial charge in [-0.25, -0.2) is 0 Å². The van der Waals surface area contributed by atoms with Crippen molar-refractivity contribution in [3.8, 4) is 0 Å². The van der Waals surface area contributed by atoms with Crippen molar-refractivity contribution in [3.05, 3.63) is 108 Å². The van der Waals surface area contributed by atoms with E-state index in [-0.39, 0.29) is 3.12 Å². The molecule has 102 valence electrons. The number of rotatable bonds is 4. The van der Waals surface area contributed by atoms with Crippen LogP contribution in [0.4, 0.5) is 0 Å². The summed E-state index contributed by atoms with van der Waals surface area (Å²) in [6.07, 6.45) is 0. The van der Waals surface area contributed by atoms with Crippen molar-refractivity contribution in [1.82, 2.24) is 0 Å². The molecule has 0 amide bonds.